The molecule has 0 aliphatic carbocycles. The molecule has 5 nitrogen and oxygen atoms in total. The van der Waals surface area contributed by atoms with Crippen molar-refractivity contribution < 1.29 is 51.7 Å². The Labute approximate surface area is 132 Å². The number of aldehydes is 1. The maximum atomic E-state index is 10.9. The summed E-state index contributed by atoms with van der Waals surface area (Å²) >= 11 is 0. The van der Waals surface area contributed by atoms with E-state index in [4.69, 9.17) is 4.42 Å². The van der Waals surface area contributed by atoms with Crippen LogP contribution in [-0.4, -0.2) is 19.3 Å². The van der Waals surface area contributed by atoms with E-state index in [1.807, 2.05) is 0 Å². The van der Waals surface area contributed by atoms with Crippen molar-refractivity contribution in [2.24, 2.45) is 0 Å². The fourth-order valence-corrected chi connectivity index (χ4v) is 2.18. The molecular weight excluding hydrogens is 279 g/mol. The minimum Gasteiger partial charge on any atom is -0.744 e. The second-order valence-electron chi connectivity index (χ2n) is 3.75. The maximum absolute atomic E-state index is 10.9. The normalized spacial score (nSPS) is 10.8. The Bertz CT molecular complexity index is 703. The quantitative estimate of drug-likeness (QED) is 0.410. The average molecular weight is 288 g/mol. The summed E-state index contributed by atoms with van der Waals surface area (Å²) in [5.74, 6) is 0.634. The van der Waals surface area contributed by atoms with Gasteiger partial charge in [-0.25, -0.2) is 8.42 Å². The van der Waals surface area contributed by atoms with Crippen LogP contribution in [0.1, 0.15) is 16.1 Å². The molecule has 0 amide bonds. The van der Waals surface area contributed by atoms with Gasteiger partial charge in [-0.1, -0.05) is 0 Å². The zero-order valence-corrected chi connectivity index (χ0v) is 13.2. The van der Waals surface area contributed by atoms with E-state index < -0.39 is 10.1 Å². The van der Waals surface area contributed by atoms with Crippen molar-refractivity contribution in [1.82, 2.24) is 0 Å². The minimum absolute atomic E-state index is 0. The van der Waals surface area contributed by atoms with Crippen LogP contribution in [0, 0.1) is 6.92 Å². The fraction of sp³-hybridized carbons (Fsp3) is 0.0833. The maximum Gasteiger partial charge on any atom is 1.00 e. The Kier molecular flexibility index (Phi) is 5.11. The standard InChI is InChI=1S/C12H10O5S.Na/c1-8-6-10(18(14,15)16)3-4-11(8)12-5-2-9(7-13)17-12;/h2-7H,1H3,(H,14,15,16);/q;+1/p-1. The van der Waals surface area contributed by atoms with Gasteiger partial charge in [-0.15, -0.1) is 0 Å². The third kappa shape index (κ3) is 3.55. The number of carbonyl (C=O) groups excluding carboxylic acids is 1. The van der Waals surface area contributed by atoms with Gasteiger partial charge < -0.3 is 8.97 Å². The molecule has 2 aromatic rings. The molecule has 1 aromatic heterocycles. The smallest absolute Gasteiger partial charge is 0.744 e. The first-order valence-electron chi connectivity index (χ1n) is 5.04. The first-order valence-corrected chi connectivity index (χ1v) is 6.44. The van der Waals surface area contributed by atoms with E-state index in [-0.39, 0.29) is 40.2 Å². The summed E-state index contributed by atoms with van der Waals surface area (Å²) in [6.45, 7) is 1.66. The number of furan rings is 1. The van der Waals surface area contributed by atoms with Gasteiger partial charge in [0.2, 0.25) is 0 Å². The predicted octanol–water partition coefficient (Wildman–Crippen LogP) is -1.02. The largest absolute Gasteiger partial charge is 1.00 e. The third-order valence-electron chi connectivity index (χ3n) is 2.49. The molecule has 0 bridgehead atoms. The topological polar surface area (TPSA) is 87.4 Å². The molecule has 2 rings (SSSR count). The predicted molar refractivity (Wildman–Crippen MR) is 62.2 cm³/mol. The van der Waals surface area contributed by atoms with E-state index in [1.54, 1.807) is 13.0 Å². The van der Waals surface area contributed by atoms with Crippen molar-refractivity contribution in [2.75, 3.05) is 0 Å². The number of benzene rings is 1. The monoisotopic (exact) mass is 288 g/mol. The first kappa shape index (κ1) is 16.1. The van der Waals surface area contributed by atoms with Crippen LogP contribution in [0.15, 0.2) is 39.6 Å². The van der Waals surface area contributed by atoms with Crippen LogP contribution < -0.4 is 29.6 Å². The van der Waals surface area contributed by atoms with Gasteiger partial charge in [-0.05, 0) is 42.8 Å². The molecule has 0 saturated carbocycles. The van der Waals surface area contributed by atoms with Crippen LogP contribution in [0.4, 0.5) is 0 Å². The van der Waals surface area contributed by atoms with Crippen molar-refractivity contribution in [3.8, 4) is 11.3 Å². The van der Waals surface area contributed by atoms with Gasteiger partial charge in [0.25, 0.3) is 0 Å². The molecule has 0 N–H and O–H groups in total. The fourth-order valence-electron chi connectivity index (χ4n) is 1.63. The summed E-state index contributed by atoms with van der Waals surface area (Å²) < 4.78 is 37.8. The Hall–Kier alpha value is -0.920. The molecule has 0 aliphatic rings. The molecule has 19 heavy (non-hydrogen) atoms. The van der Waals surface area contributed by atoms with Crippen LogP contribution in [-0.2, 0) is 10.1 Å². The van der Waals surface area contributed by atoms with E-state index >= 15 is 0 Å². The van der Waals surface area contributed by atoms with E-state index in [1.165, 1.54) is 24.3 Å². The molecule has 7 heteroatoms. The van der Waals surface area contributed by atoms with E-state index in [0.717, 1.165) is 0 Å². The van der Waals surface area contributed by atoms with Crippen molar-refractivity contribution in [3.63, 3.8) is 0 Å². The van der Waals surface area contributed by atoms with Gasteiger partial charge in [0.15, 0.2) is 12.0 Å². The zero-order valence-electron chi connectivity index (χ0n) is 10.4. The summed E-state index contributed by atoms with van der Waals surface area (Å²) in [7, 11) is -4.46. The van der Waals surface area contributed by atoms with Crippen LogP contribution in [0.5, 0.6) is 0 Å². The second kappa shape index (κ2) is 6.02. The molecule has 0 spiro atoms. The van der Waals surface area contributed by atoms with Gasteiger partial charge in [0.05, 0.1) is 4.90 Å². The molecule has 0 saturated heterocycles. The van der Waals surface area contributed by atoms with Crippen LogP contribution in [0.2, 0.25) is 0 Å². The summed E-state index contributed by atoms with van der Waals surface area (Å²) in [6.07, 6.45) is 0.579. The first-order chi connectivity index (χ1) is 8.41. The summed E-state index contributed by atoms with van der Waals surface area (Å²) in [6, 6.07) is 7.10. The summed E-state index contributed by atoms with van der Waals surface area (Å²) in [4.78, 5) is 10.2. The van der Waals surface area contributed by atoms with E-state index in [2.05, 4.69) is 0 Å². The summed E-state index contributed by atoms with van der Waals surface area (Å²) in [5, 5.41) is 0. The Morgan fingerprint density at radius 3 is 2.37 bits per heavy atom. The molecule has 0 aliphatic heterocycles. The molecule has 1 aromatic carbocycles. The molecule has 0 fully saturated rings. The van der Waals surface area contributed by atoms with Gasteiger partial charge in [0.1, 0.15) is 15.9 Å². The number of hydrogen-bond donors (Lipinski definition) is 0. The van der Waals surface area contributed by atoms with E-state index in [0.29, 0.717) is 23.2 Å². The Morgan fingerprint density at radius 2 is 1.89 bits per heavy atom. The van der Waals surface area contributed by atoms with Gasteiger partial charge in [-0.2, -0.15) is 0 Å². The van der Waals surface area contributed by atoms with Crippen LogP contribution >= 0.6 is 0 Å². The average Bonchev–Trinajstić information content (AvgIpc) is 2.76. The van der Waals surface area contributed by atoms with Crippen molar-refractivity contribution in [1.29, 1.82) is 0 Å². The molecular formula is C12H9NaO5S. The van der Waals surface area contributed by atoms with Crippen molar-refractivity contribution in [2.45, 2.75) is 11.8 Å². The Morgan fingerprint density at radius 1 is 1.21 bits per heavy atom. The van der Waals surface area contributed by atoms with Gasteiger partial charge in [0, 0.05) is 5.56 Å². The molecule has 0 radical (unpaired) electrons. The van der Waals surface area contributed by atoms with E-state index in [9.17, 15) is 17.8 Å². The number of carbonyl (C=O) groups is 1. The molecule has 0 unspecified atom stereocenters. The SMILES string of the molecule is Cc1cc(S(=O)(=O)[O-])ccc1-c1ccc(C=O)o1.[Na+]. The Balaban J connectivity index is 0.00000180. The zero-order chi connectivity index (χ0) is 13.3. The number of hydrogen-bond acceptors (Lipinski definition) is 5. The number of aryl methyl sites for hydroxylation is 1. The summed E-state index contributed by atoms with van der Waals surface area (Å²) in [5.41, 5.74) is 1.22. The molecule has 94 valence electrons. The molecule has 1 heterocycles. The minimum atomic E-state index is -4.46. The number of rotatable bonds is 3. The second-order valence-corrected chi connectivity index (χ2v) is 5.13. The van der Waals surface area contributed by atoms with Crippen molar-refractivity contribution >= 4 is 16.4 Å². The van der Waals surface area contributed by atoms with Crippen molar-refractivity contribution in [3.05, 3.63) is 41.7 Å². The third-order valence-corrected chi connectivity index (χ3v) is 3.33. The van der Waals surface area contributed by atoms with Crippen LogP contribution in [0.25, 0.3) is 11.3 Å². The van der Waals surface area contributed by atoms with Crippen LogP contribution in [0.3, 0.4) is 0 Å². The van der Waals surface area contributed by atoms with Gasteiger partial charge >= 0.3 is 29.6 Å². The molecule has 0 atom stereocenters. The van der Waals surface area contributed by atoms with Gasteiger partial charge in [-0.3, -0.25) is 4.79 Å².